The van der Waals surface area contributed by atoms with Crippen LogP contribution in [0.3, 0.4) is 0 Å². The number of furan rings is 1. The van der Waals surface area contributed by atoms with E-state index in [-0.39, 0.29) is 28.3 Å². The van der Waals surface area contributed by atoms with Crippen molar-refractivity contribution in [2.45, 2.75) is 75.7 Å². The number of hydrogen-bond acceptors (Lipinski definition) is 19. The monoisotopic (exact) mass is 768 g/mol. The molecule has 0 spiro atoms. The number of carbonyl (C=O) groups is 8. The molecular formula is C30H32N4O16S2. The van der Waals surface area contributed by atoms with Crippen molar-refractivity contribution in [3.05, 3.63) is 29.7 Å². The molecule has 20 nitrogen and oxygen atoms in total. The fraction of sp³-hybridized carbons (Fsp3) is 0.467. The van der Waals surface area contributed by atoms with Gasteiger partial charge in [0.05, 0.1) is 6.26 Å². The van der Waals surface area contributed by atoms with Crippen LogP contribution >= 0.6 is 23.5 Å². The number of esters is 5. The Kier molecular flexibility index (Phi) is 13.1. The maximum atomic E-state index is 13.8. The number of carboxylic acids is 1. The molecule has 2 amide bonds. The third-order valence-corrected chi connectivity index (χ3v) is 9.21. The van der Waals surface area contributed by atoms with E-state index in [2.05, 4.69) is 15.5 Å². The highest BCUT2D eigenvalue weighted by Gasteiger charge is 2.56. The predicted molar refractivity (Wildman–Crippen MR) is 171 cm³/mol. The van der Waals surface area contributed by atoms with Gasteiger partial charge in [0.1, 0.15) is 23.7 Å². The van der Waals surface area contributed by atoms with E-state index in [9.17, 15) is 43.5 Å². The Morgan fingerprint density at radius 1 is 0.962 bits per heavy atom. The first-order chi connectivity index (χ1) is 24.6. The lowest BCUT2D eigenvalue weighted by Crippen LogP contribution is -2.72. The maximum absolute atomic E-state index is 13.8. The molecule has 2 aromatic heterocycles. The van der Waals surface area contributed by atoms with Crippen molar-refractivity contribution < 1.29 is 76.0 Å². The highest BCUT2D eigenvalue weighted by atomic mass is 32.2. The average molecular weight is 769 g/mol. The zero-order valence-electron chi connectivity index (χ0n) is 28.0. The van der Waals surface area contributed by atoms with Gasteiger partial charge in [-0.3, -0.25) is 38.5 Å². The number of nitrogens with one attached hydrogen (secondary N) is 1. The average Bonchev–Trinajstić information content (AvgIpc) is 3.77. The third kappa shape index (κ3) is 9.69. The molecule has 0 bridgehead atoms. The molecule has 0 radical (unpaired) electrons. The van der Waals surface area contributed by atoms with Crippen molar-refractivity contribution >= 4 is 71.2 Å². The number of aliphatic carboxylic acids is 1. The van der Waals surface area contributed by atoms with Gasteiger partial charge in [-0.05, 0) is 17.7 Å². The largest absolute Gasteiger partial charge is 0.477 e. The van der Waals surface area contributed by atoms with Gasteiger partial charge in [0, 0.05) is 46.1 Å². The number of thioether (sulfide) groups is 2. The summed E-state index contributed by atoms with van der Waals surface area (Å²) < 4.78 is 36.6. The predicted octanol–water partition coefficient (Wildman–Crippen LogP) is 0.450. The highest BCUT2D eigenvalue weighted by molar-refractivity contribution is 8.01. The fourth-order valence-corrected chi connectivity index (χ4v) is 7.29. The van der Waals surface area contributed by atoms with E-state index in [1.807, 2.05) is 0 Å². The van der Waals surface area contributed by atoms with Crippen molar-refractivity contribution in [2.24, 2.45) is 0 Å². The van der Waals surface area contributed by atoms with Crippen LogP contribution in [0.25, 0.3) is 11.7 Å². The van der Waals surface area contributed by atoms with Gasteiger partial charge in [0.2, 0.25) is 6.10 Å². The van der Waals surface area contributed by atoms with Gasteiger partial charge in [-0.1, -0.05) is 11.8 Å². The van der Waals surface area contributed by atoms with Crippen LogP contribution in [0.15, 0.2) is 43.7 Å². The summed E-state index contributed by atoms with van der Waals surface area (Å²) in [6, 6.07) is 1.89. The van der Waals surface area contributed by atoms with E-state index in [1.54, 1.807) is 12.1 Å². The fourth-order valence-electron chi connectivity index (χ4n) is 5.04. The van der Waals surface area contributed by atoms with E-state index in [1.165, 1.54) is 6.26 Å². The molecule has 1 saturated heterocycles. The standard InChI is InChI=1S/C30H32N4O16S2/c1-12(35)45-9-19(46-13(2)36)22(47-14(3)37)23(48-15(4)38)24(49-16(5)39)25(40)31-20-27(41)34-21(29(42)43)17(10-51-28(20)34)11-52-30-33-32-26(50-30)18-7-6-8-44-18/h6-8,19-20,22-24,28H,9-11H2,1-5H3,(H,31,40)(H,42,43). The minimum atomic E-state index is -2.14. The van der Waals surface area contributed by atoms with Crippen LogP contribution in [0.2, 0.25) is 0 Å². The summed E-state index contributed by atoms with van der Waals surface area (Å²) in [4.78, 5) is 101. The SMILES string of the molecule is CC(=O)OCC(OC(C)=O)C(OC(C)=O)C(OC(C)=O)C(OC(C)=O)C(=O)NC1C(=O)N2C(C(=O)O)=C(CSc3nnc(-c4ccco4)o3)CSC12. The molecule has 2 aromatic rings. The van der Waals surface area contributed by atoms with E-state index in [0.717, 1.165) is 63.0 Å². The molecule has 22 heteroatoms. The third-order valence-electron chi connectivity index (χ3n) is 6.97. The van der Waals surface area contributed by atoms with Crippen LogP contribution in [0.1, 0.15) is 34.6 Å². The van der Waals surface area contributed by atoms with E-state index >= 15 is 0 Å². The highest BCUT2D eigenvalue weighted by Crippen LogP contribution is 2.42. The van der Waals surface area contributed by atoms with Crippen LogP contribution in [0, 0.1) is 0 Å². The van der Waals surface area contributed by atoms with Crippen LogP contribution < -0.4 is 5.32 Å². The van der Waals surface area contributed by atoms with Crippen molar-refractivity contribution in [1.29, 1.82) is 0 Å². The molecule has 52 heavy (non-hydrogen) atoms. The van der Waals surface area contributed by atoms with Crippen LogP contribution in [-0.4, -0.2) is 122 Å². The van der Waals surface area contributed by atoms with Crippen molar-refractivity contribution in [1.82, 2.24) is 20.4 Å². The summed E-state index contributed by atoms with van der Waals surface area (Å²) in [5.41, 5.74) is 0.0207. The summed E-state index contributed by atoms with van der Waals surface area (Å²) in [6.45, 7) is 4.05. The van der Waals surface area contributed by atoms with E-state index < -0.39 is 90.1 Å². The van der Waals surface area contributed by atoms with Crippen molar-refractivity contribution in [3.8, 4) is 11.7 Å². The number of carboxylic acid groups (broad SMARTS) is 1. The van der Waals surface area contributed by atoms with Crippen LogP contribution in [-0.2, 0) is 62.0 Å². The van der Waals surface area contributed by atoms with Crippen molar-refractivity contribution in [2.75, 3.05) is 18.1 Å². The summed E-state index contributed by atoms with van der Waals surface area (Å²) >= 11 is 2.15. The molecule has 0 saturated carbocycles. The Hall–Kier alpha value is -5.38. The molecule has 6 atom stereocenters. The number of nitrogens with zero attached hydrogens (tertiary/aromatic N) is 3. The molecule has 2 aliphatic heterocycles. The van der Waals surface area contributed by atoms with Gasteiger partial charge in [-0.2, -0.15) is 0 Å². The zero-order chi connectivity index (χ0) is 38.3. The normalized spacial score (nSPS) is 18.8. The first-order valence-electron chi connectivity index (χ1n) is 15.1. The second-order valence-electron chi connectivity index (χ2n) is 10.9. The molecule has 4 rings (SSSR count). The zero-order valence-corrected chi connectivity index (χ0v) is 29.7. The van der Waals surface area contributed by atoms with Gasteiger partial charge in [-0.15, -0.1) is 22.0 Å². The number of amides is 2. The maximum Gasteiger partial charge on any atom is 0.352 e. The minimum Gasteiger partial charge on any atom is -0.477 e. The molecule has 2 aliphatic rings. The summed E-state index contributed by atoms with van der Waals surface area (Å²) in [6.07, 6.45) is -6.31. The molecule has 2 N–H and O–H groups in total. The lowest BCUT2D eigenvalue weighted by atomic mass is 9.99. The molecular weight excluding hydrogens is 736 g/mol. The molecule has 6 unspecified atom stereocenters. The Balaban J connectivity index is 1.57. The number of fused-ring (bicyclic) bond motifs is 1. The quantitative estimate of drug-likeness (QED) is 0.102. The number of hydrogen-bond donors (Lipinski definition) is 2. The molecule has 280 valence electrons. The van der Waals surface area contributed by atoms with Gasteiger partial charge >= 0.3 is 35.8 Å². The number of β-lactam (4-membered cyclic amide) rings is 1. The van der Waals surface area contributed by atoms with Gasteiger partial charge in [0.25, 0.3) is 22.9 Å². The van der Waals surface area contributed by atoms with Gasteiger partial charge in [0.15, 0.2) is 24.1 Å². The second-order valence-corrected chi connectivity index (χ2v) is 13.0. The summed E-state index contributed by atoms with van der Waals surface area (Å²) in [5, 5.41) is 19.5. The Labute approximate surface area is 302 Å². The summed E-state index contributed by atoms with van der Waals surface area (Å²) in [7, 11) is 0. The Bertz CT molecular complexity index is 1760. The van der Waals surface area contributed by atoms with Crippen LogP contribution in [0.5, 0.6) is 0 Å². The van der Waals surface area contributed by atoms with Gasteiger partial charge < -0.3 is 42.9 Å². The summed E-state index contributed by atoms with van der Waals surface area (Å²) in [5.74, 6) is -7.81. The van der Waals surface area contributed by atoms with E-state index in [0.29, 0.717) is 11.3 Å². The Morgan fingerprint density at radius 3 is 2.19 bits per heavy atom. The number of aromatic nitrogens is 2. The molecule has 4 heterocycles. The first kappa shape index (κ1) is 39.4. The topological polar surface area (TPSA) is 270 Å². The molecule has 0 aromatic carbocycles. The van der Waals surface area contributed by atoms with E-state index in [4.69, 9.17) is 32.5 Å². The smallest absolute Gasteiger partial charge is 0.352 e. The number of ether oxygens (including phenoxy) is 5. The molecule has 0 aliphatic carbocycles. The minimum absolute atomic E-state index is 0.0505. The van der Waals surface area contributed by atoms with Crippen LogP contribution in [0.4, 0.5) is 0 Å². The van der Waals surface area contributed by atoms with Crippen molar-refractivity contribution in [3.63, 3.8) is 0 Å². The lowest BCUT2D eigenvalue weighted by molar-refractivity contribution is -0.203. The molecule has 1 fully saturated rings. The number of carbonyl (C=O) groups excluding carboxylic acids is 7. The first-order valence-corrected chi connectivity index (χ1v) is 17.1. The number of rotatable bonds is 16. The van der Waals surface area contributed by atoms with Gasteiger partial charge in [-0.25, -0.2) is 4.79 Å². The second kappa shape index (κ2) is 17.2. The Morgan fingerprint density at radius 2 is 1.62 bits per heavy atom. The lowest BCUT2D eigenvalue weighted by Gasteiger charge is -2.49.